The number of carbonyl (C=O) groups is 2. The lowest BCUT2D eigenvalue weighted by atomic mass is 9.83. The number of aryl methyl sites for hydroxylation is 1. The summed E-state index contributed by atoms with van der Waals surface area (Å²) in [5, 5.41) is 3.17. The molecular weight excluding hydrogens is 404 g/mol. The van der Waals surface area contributed by atoms with Gasteiger partial charge < -0.3 is 24.8 Å². The van der Waals surface area contributed by atoms with Crippen LogP contribution in [0.3, 0.4) is 0 Å². The number of carbonyl (C=O) groups excluding carboxylic acids is 2. The number of nitrogens with zero attached hydrogens (tertiary/aromatic N) is 3. The van der Waals surface area contributed by atoms with Gasteiger partial charge in [0.05, 0.1) is 18.6 Å². The van der Waals surface area contributed by atoms with Crippen molar-refractivity contribution in [2.45, 2.75) is 39.2 Å². The minimum Gasteiger partial charge on any atom is -0.383 e. The van der Waals surface area contributed by atoms with E-state index in [2.05, 4.69) is 46.3 Å². The number of benzene rings is 1. The van der Waals surface area contributed by atoms with Crippen LogP contribution in [0.25, 0.3) is 0 Å². The molecule has 7 heteroatoms. The fourth-order valence-electron chi connectivity index (χ4n) is 4.83. The van der Waals surface area contributed by atoms with Gasteiger partial charge in [-0.3, -0.25) is 9.59 Å². The zero-order valence-corrected chi connectivity index (χ0v) is 20.0. The molecule has 0 radical (unpaired) electrons. The van der Waals surface area contributed by atoms with Crippen molar-refractivity contribution in [3.8, 4) is 0 Å². The highest BCUT2D eigenvalue weighted by molar-refractivity contribution is 5.85. The van der Waals surface area contributed by atoms with Gasteiger partial charge in [-0.1, -0.05) is 36.8 Å². The van der Waals surface area contributed by atoms with E-state index in [1.165, 1.54) is 5.56 Å². The Morgan fingerprint density at radius 3 is 2.44 bits per heavy atom. The maximum atomic E-state index is 13.2. The number of likely N-dealkylation sites (tertiary alicyclic amines) is 1. The van der Waals surface area contributed by atoms with Gasteiger partial charge in [-0.25, -0.2) is 0 Å². The summed E-state index contributed by atoms with van der Waals surface area (Å²) in [6.45, 7) is 12.5. The second-order valence-electron chi connectivity index (χ2n) is 9.00. The summed E-state index contributed by atoms with van der Waals surface area (Å²) in [5.74, 6) is -0.0791. The fourth-order valence-corrected chi connectivity index (χ4v) is 4.83. The first-order valence-electron chi connectivity index (χ1n) is 12.1. The molecule has 32 heavy (non-hydrogen) atoms. The third-order valence-electron chi connectivity index (χ3n) is 6.86. The SMILES string of the molecule is CCN1CCN(CCCNC(=O)[C@@H]2CCC(=O)N(CCOC)[C@@H]2c2ccc(C)cc2)CC1. The van der Waals surface area contributed by atoms with Crippen molar-refractivity contribution < 1.29 is 14.3 Å². The summed E-state index contributed by atoms with van der Waals surface area (Å²) in [4.78, 5) is 32.7. The molecule has 1 N–H and O–H groups in total. The average molecular weight is 445 g/mol. The van der Waals surface area contributed by atoms with Crippen LogP contribution < -0.4 is 5.32 Å². The third kappa shape index (κ3) is 6.53. The molecule has 2 amide bonds. The maximum Gasteiger partial charge on any atom is 0.225 e. The Kier molecular flexibility index (Phi) is 9.51. The molecule has 2 aliphatic heterocycles. The first-order chi connectivity index (χ1) is 15.5. The smallest absolute Gasteiger partial charge is 0.225 e. The highest BCUT2D eigenvalue weighted by Crippen LogP contribution is 2.37. The van der Waals surface area contributed by atoms with E-state index in [0.717, 1.165) is 51.3 Å². The van der Waals surface area contributed by atoms with E-state index >= 15 is 0 Å². The molecule has 0 bridgehead atoms. The van der Waals surface area contributed by atoms with E-state index in [1.54, 1.807) is 7.11 Å². The molecule has 1 aromatic rings. The van der Waals surface area contributed by atoms with Crippen LogP contribution in [0.15, 0.2) is 24.3 Å². The van der Waals surface area contributed by atoms with Gasteiger partial charge in [-0.15, -0.1) is 0 Å². The van der Waals surface area contributed by atoms with Crippen molar-refractivity contribution in [1.82, 2.24) is 20.0 Å². The van der Waals surface area contributed by atoms with Crippen LogP contribution in [0.5, 0.6) is 0 Å². The lowest BCUT2D eigenvalue weighted by molar-refractivity contribution is -0.144. The van der Waals surface area contributed by atoms with Crippen LogP contribution in [0.2, 0.25) is 0 Å². The summed E-state index contributed by atoms with van der Waals surface area (Å²) >= 11 is 0. The second-order valence-corrected chi connectivity index (χ2v) is 9.00. The highest BCUT2D eigenvalue weighted by atomic mass is 16.5. The summed E-state index contributed by atoms with van der Waals surface area (Å²) in [6.07, 6.45) is 1.95. The quantitative estimate of drug-likeness (QED) is 0.560. The summed E-state index contributed by atoms with van der Waals surface area (Å²) < 4.78 is 5.24. The van der Waals surface area contributed by atoms with Gasteiger partial charge >= 0.3 is 0 Å². The van der Waals surface area contributed by atoms with E-state index in [-0.39, 0.29) is 23.8 Å². The third-order valence-corrected chi connectivity index (χ3v) is 6.86. The Labute approximate surface area is 193 Å². The number of piperidine rings is 1. The van der Waals surface area contributed by atoms with Gasteiger partial charge in [0.25, 0.3) is 0 Å². The van der Waals surface area contributed by atoms with E-state index in [0.29, 0.717) is 32.5 Å². The average Bonchev–Trinajstić information content (AvgIpc) is 2.81. The molecule has 7 nitrogen and oxygen atoms in total. The minimum absolute atomic E-state index is 0.0568. The highest BCUT2D eigenvalue weighted by Gasteiger charge is 2.40. The van der Waals surface area contributed by atoms with Crippen LogP contribution in [0.4, 0.5) is 0 Å². The maximum absolute atomic E-state index is 13.2. The van der Waals surface area contributed by atoms with Gasteiger partial charge in [0.1, 0.15) is 0 Å². The predicted octanol–water partition coefficient (Wildman–Crippen LogP) is 2.06. The molecule has 3 rings (SSSR count). The molecular formula is C25H40N4O3. The van der Waals surface area contributed by atoms with E-state index in [1.807, 2.05) is 11.8 Å². The van der Waals surface area contributed by atoms with E-state index < -0.39 is 0 Å². The summed E-state index contributed by atoms with van der Waals surface area (Å²) in [5.41, 5.74) is 2.19. The monoisotopic (exact) mass is 444 g/mol. The molecule has 0 spiro atoms. The number of ether oxygens (including phenoxy) is 1. The number of nitrogens with one attached hydrogen (secondary N) is 1. The Morgan fingerprint density at radius 2 is 1.78 bits per heavy atom. The van der Waals surface area contributed by atoms with Gasteiger partial charge in [-0.2, -0.15) is 0 Å². The fraction of sp³-hybridized carbons (Fsp3) is 0.680. The van der Waals surface area contributed by atoms with Crippen molar-refractivity contribution in [2.24, 2.45) is 5.92 Å². The lowest BCUT2D eigenvalue weighted by Crippen LogP contribution is -2.49. The van der Waals surface area contributed by atoms with Gasteiger partial charge in [0.2, 0.25) is 11.8 Å². The molecule has 2 heterocycles. The van der Waals surface area contributed by atoms with Crippen molar-refractivity contribution in [3.63, 3.8) is 0 Å². The molecule has 178 valence electrons. The summed E-state index contributed by atoms with van der Waals surface area (Å²) in [7, 11) is 1.64. The number of likely N-dealkylation sites (N-methyl/N-ethyl adjacent to an activating group) is 1. The minimum atomic E-state index is -0.242. The lowest BCUT2D eigenvalue weighted by Gasteiger charge is -2.41. The van der Waals surface area contributed by atoms with Gasteiger partial charge in [0, 0.05) is 52.8 Å². The van der Waals surface area contributed by atoms with Crippen molar-refractivity contribution in [3.05, 3.63) is 35.4 Å². The van der Waals surface area contributed by atoms with Crippen molar-refractivity contribution in [1.29, 1.82) is 0 Å². The second kappa shape index (κ2) is 12.3. The Balaban J connectivity index is 1.58. The number of hydrogen-bond donors (Lipinski definition) is 1. The zero-order chi connectivity index (χ0) is 22.9. The first-order valence-corrected chi connectivity index (χ1v) is 12.1. The van der Waals surface area contributed by atoms with Crippen molar-refractivity contribution >= 4 is 11.8 Å². The van der Waals surface area contributed by atoms with Gasteiger partial charge in [-0.05, 0) is 38.4 Å². The number of piperazine rings is 1. The normalized spacial score (nSPS) is 22.8. The molecule has 0 aromatic heterocycles. The largest absolute Gasteiger partial charge is 0.383 e. The van der Waals surface area contributed by atoms with Crippen molar-refractivity contribution in [2.75, 3.05) is 66.1 Å². The molecule has 2 saturated heterocycles. The molecule has 0 saturated carbocycles. The predicted molar refractivity (Wildman–Crippen MR) is 126 cm³/mol. The molecule has 2 fully saturated rings. The molecule has 0 aliphatic carbocycles. The topological polar surface area (TPSA) is 65.1 Å². The number of hydrogen-bond acceptors (Lipinski definition) is 5. The Morgan fingerprint density at radius 1 is 1.09 bits per heavy atom. The summed E-state index contributed by atoms with van der Waals surface area (Å²) in [6, 6.07) is 7.96. The van der Waals surface area contributed by atoms with Crippen LogP contribution in [-0.2, 0) is 14.3 Å². The van der Waals surface area contributed by atoms with Crippen LogP contribution >= 0.6 is 0 Å². The van der Waals surface area contributed by atoms with Gasteiger partial charge in [0.15, 0.2) is 0 Å². The first kappa shape index (κ1) is 24.7. The molecule has 0 unspecified atom stereocenters. The zero-order valence-electron chi connectivity index (χ0n) is 20.0. The molecule has 2 aliphatic rings. The van der Waals surface area contributed by atoms with Crippen LogP contribution in [0, 0.1) is 12.8 Å². The standard InChI is InChI=1S/C25H40N4O3/c1-4-27-14-16-28(17-15-27)13-5-12-26-25(31)22-10-11-23(30)29(18-19-32-3)24(22)21-8-6-20(2)7-9-21/h6-9,22,24H,4-5,10-19H2,1-3H3,(H,26,31)/t22-,24-/m1/s1. The number of amides is 2. The van der Waals surface area contributed by atoms with E-state index in [9.17, 15) is 9.59 Å². The Hall–Kier alpha value is -1.96. The number of methoxy groups -OCH3 is 1. The van der Waals surface area contributed by atoms with E-state index in [4.69, 9.17) is 4.74 Å². The molecule has 1 aromatic carbocycles. The van der Waals surface area contributed by atoms with Crippen LogP contribution in [-0.4, -0.2) is 92.6 Å². The Bertz CT molecular complexity index is 731. The number of rotatable bonds is 10. The van der Waals surface area contributed by atoms with Crippen LogP contribution in [0.1, 0.15) is 43.4 Å². The molecule has 2 atom stereocenters.